The van der Waals surface area contributed by atoms with Crippen LogP contribution in [0.2, 0.25) is 0 Å². The van der Waals surface area contributed by atoms with Crippen molar-refractivity contribution in [1.82, 2.24) is 9.97 Å². The van der Waals surface area contributed by atoms with E-state index in [1.165, 1.54) is 12.4 Å². The van der Waals surface area contributed by atoms with Crippen LogP contribution in [0.1, 0.15) is 10.4 Å². The first-order valence-corrected chi connectivity index (χ1v) is 7.62. The summed E-state index contributed by atoms with van der Waals surface area (Å²) in [6.07, 6.45) is -2.22. The Labute approximate surface area is 151 Å². The first-order valence-electron chi connectivity index (χ1n) is 7.62. The molecule has 4 N–H and O–H groups in total. The maximum Gasteiger partial charge on any atom is 0.573 e. The Bertz CT molecular complexity index is 974. The van der Waals surface area contributed by atoms with E-state index in [9.17, 15) is 18.0 Å². The molecule has 0 spiro atoms. The number of aromatic nitrogens is 2. The third-order valence-electron chi connectivity index (χ3n) is 3.67. The minimum absolute atomic E-state index is 0.0728. The number of anilines is 1. The van der Waals surface area contributed by atoms with Gasteiger partial charge in [-0.15, -0.1) is 13.2 Å². The van der Waals surface area contributed by atoms with E-state index in [1.54, 1.807) is 0 Å². The highest BCUT2D eigenvalue weighted by atomic mass is 19.4. The van der Waals surface area contributed by atoms with Gasteiger partial charge in [0.1, 0.15) is 0 Å². The number of hydrogen-bond acceptors (Lipinski definition) is 5. The average Bonchev–Trinajstić information content (AvgIpc) is 2.63. The predicted octanol–water partition coefficient (Wildman–Crippen LogP) is 3.39. The van der Waals surface area contributed by atoms with Crippen molar-refractivity contribution in [3.8, 4) is 28.3 Å². The molecule has 0 aliphatic rings. The molecular weight excluding hydrogens is 361 g/mol. The van der Waals surface area contributed by atoms with Crippen molar-refractivity contribution in [3.05, 3.63) is 60.4 Å². The number of hydrogen-bond donors (Lipinski definition) is 2. The fourth-order valence-electron chi connectivity index (χ4n) is 2.51. The lowest BCUT2D eigenvalue weighted by Crippen LogP contribution is -2.19. The summed E-state index contributed by atoms with van der Waals surface area (Å²) in [5.41, 5.74) is 12.0. The molecule has 0 aliphatic carbocycles. The topological polar surface area (TPSA) is 104 Å². The van der Waals surface area contributed by atoms with E-state index in [1.807, 2.05) is 30.3 Å². The van der Waals surface area contributed by atoms with Crippen LogP contribution in [0.3, 0.4) is 0 Å². The Morgan fingerprint density at radius 2 is 1.59 bits per heavy atom. The standard InChI is InChI=1S/C18H13F3N4O2/c19-18(20,21)27-14-7-6-11(17(23)26)15(16(14)22)13-9-24-12(8-25-13)10-4-2-1-3-5-10/h1-9H,22H2,(H2,23,26). The summed E-state index contributed by atoms with van der Waals surface area (Å²) in [4.78, 5) is 20.1. The van der Waals surface area contributed by atoms with Gasteiger partial charge in [-0.25, -0.2) is 0 Å². The number of carbonyl (C=O) groups excluding carboxylic acids is 1. The third-order valence-corrected chi connectivity index (χ3v) is 3.67. The highest BCUT2D eigenvalue weighted by molar-refractivity contribution is 6.03. The second-order valence-electron chi connectivity index (χ2n) is 5.46. The number of benzene rings is 2. The van der Waals surface area contributed by atoms with Gasteiger partial charge in [-0.3, -0.25) is 14.8 Å². The van der Waals surface area contributed by atoms with E-state index in [0.29, 0.717) is 5.69 Å². The molecule has 0 saturated heterocycles. The molecule has 3 aromatic rings. The lowest BCUT2D eigenvalue weighted by molar-refractivity contribution is -0.274. The summed E-state index contributed by atoms with van der Waals surface area (Å²) in [6, 6.07) is 11.2. The number of rotatable bonds is 4. The minimum atomic E-state index is -4.94. The summed E-state index contributed by atoms with van der Waals surface area (Å²) < 4.78 is 41.6. The number of halogens is 3. The van der Waals surface area contributed by atoms with Gasteiger partial charge in [0.2, 0.25) is 5.91 Å². The van der Waals surface area contributed by atoms with Crippen LogP contribution < -0.4 is 16.2 Å². The predicted molar refractivity (Wildman–Crippen MR) is 92.5 cm³/mol. The van der Waals surface area contributed by atoms with Crippen molar-refractivity contribution >= 4 is 11.6 Å². The second-order valence-corrected chi connectivity index (χ2v) is 5.46. The highest BCUT2D eigenvalue weighted by Crippen LogP contribution is 2.38. The van der Waals surface area contributed by atoms with Crippen molar-refractivity contribution in [2.45, 2.75) is 6.36 Å². The van der Waals surface area contributed by atoms with E-state index in [0.717, 1.165) is 17.7 Å². The van der Waals surface area contributed by atoms with Crippen LogP contribution >= 0.6 is 0 Å². The van der Waals surface area contributed by atoms with Crippen LogP contribution in [0, 0.1) is 0 Å². The lowest BCUT2D eigenvalue weighted by atomic mass is 10.0. The summed E-state index contributed by atoms with van der Waals surface area (Å²) in [6.45, 7) is 0. The van der Waals surface area contributed by atoms with E-state index < -0.39 is 23.7 Å². The second kappa shape index (κ2) is 6.94. The molecule has 0 atom stereocenters. The van der Waals surface area contributed by atoms with E-state index >= 15 is 0 Å². The molecule has 1 heterocycles. The van der Waals surface area contributed by atoms with Crippen LogP contribution in [0.15, 0.2) is 54.9 Å². The molecular formula is C18H13F3N4O2. The van der Waals surface area contributed by atoms with E-state index in [-0.39, 0.29) is 16.8 Å². The summed E-state index contributed by atoms with van der Waals surface area (Å²) in [5, 5.41) is 0. The van der Waals surface area contributed by atoms with Gasteiger partial charge in [0, 0.05) is 11.1 Å². The summed E-state index contributed by atoms with van der Waals surface area (Å²) >= 11 is 0. The van der Waals surface area contributed by atoms with Gasteiger partial charge in [0.15, 0.2) is 5.75 Å². The van der Waals surface area contributed by atoms with Crippen LogP contribution in [0.25, 0.3) is 22.5 Å². The SMILES string of the molecule is NC(=O)c1ccc(OC(F)(F)F)c(N)c1-c1cnc(-c2ccccc2)cn1. The minimum Gasteiger partial charge on any atom is -0.404 e. The number of nitrogens with two attached hydrogens (primary N) is 2. The maximum absolute atomic E-state index is 12.6. The Hall–Kier alpha value is -3.62. The molecule has 27 heavy (non-hydrogen) atoms. The zero-order chi connectivity index (χ0) is 19.6. The number of nitrogen functional groups attached to an aromatic ring is 1. The average molecular weight is 374 g/mol. The molecule has 0 unspecified atom stereocenters. The van der Waals surface area contributed by atoms with Gasteiger partial charge in [-0.1, -0.05) is 30.3 Å². The monoisotopic (exact) mass is 374 g/mol. The van der Waals surface area contributed by atoms with Crippen molar-refractivity contribution in [2.24, 2.45) is 5.73 Å². The molecule has 2 aromatic carbocycles. The number of primary amides is 1. The molecule has 0 radical (unpaired) electrons. The number of nitrogens with zero attached hydrogens (tertiary/aromatic N) is 2. The summed E-state index contributed by atoms with van der Waals surface area (Å²) in [7, 11) is 0. The van der Waals surface area contributed by atoms with Gasteiger partial charge in [-0.2, -0.15) is 0 Å². The van der Waals surface area contributed by atoms with Crippen molar-refractivity contribution in [3.63, 3.8) is 0 Å². The quantitative estimate of drug-likeness (QED) is 0.681. The molecule has 0 bridgehead atoms. The molecule has 138 valence electrons. The Kier molecular flexibility index (Phi) is 4.68. The molecule has 1 amide bonds. The van der Waals surface area contributed by atoms with Crippen LogP contribution in [0.4, 0.5) is 18.9 Å². The first kappa shape index (κ1) is 18.2. The highest BCUT2D eigenvalue weighted by Gasteiger charge is 2.33. The number of carbonyl (C=O) groups is 1. The van der Waals surface area contributed by atoms with E-state index in [2.05, 4.69) is 14.7 Å². The van der Waals surface area contributed by atoms with Crippen molar-refractivity contribution < 1.29 is 22.7 Å². The zero-order valence-electron chi connectivity index (χ0n) is 13.7. The molecule has 0 aliphatic heterocycles. The summed E-state index contributed by atoms with van der Waals surface area (Å²) in [5.74, 6) is -1.53. The van der Waals surface area contributed by atoms with Crippen molar-refractivity contribution in [2.75, 3.05) is 5.73 Å². The van der Waals surface area contributed by atoms with Gasteiger partial charge < -0.3 is 16.2 Å². The maximum atomic E-state index is 12.6. The number of amides is 1. The normalized spacial score (nSPS) is 11.2. The molecule has 0 fully saturated rings. The largest absolute Gasteiger partial charge is 0.573 e. The molecule has 1 aromatic heterocycles. The van der Waals surface area contributed by atoms with Gasteiger partial charge in [0.05, 0.1) is 35.0 Å². The van der Waals surface area contributed by atoms with E-state index in [4.69, 9.17) is 11.5 Å². The fraction of sp³-hybridized carbons (Fsp3) is 0.0556. The van der Waals surface area contributed by atoms with Gasteiger partial charge >= 0.3 is 6.36 Å². The fourth-order valence-corrected chi connectivity index (χ4v) is 2.51. The lowest BCUT2D eigenvalue weighted by Gasteiger charge is -2.16. The Morgan fingerprint density at radius 3 is 2.15 bits per heavy atom. The van der Waals surface area contributed by atoms with Gasteiger partial charge in [0.25, 0.3) is 0 Å². The molecule has 0 saturated carbocycles. The zero-order valence-corrected chi connectivity index (χ0v) is 13.7. The Balaban J connectivity index is 2.09. The number of alkyl halides is 3. The van der Waals surface area contributed by atoms with Crippen LogP contribution in [0.5, 0.6) is 5.75 Å². The van der Waals surface area contributed by atoms with Crippen molar-refractivity contribution in [1.29, 1.82) is 0 Å². The molecule has 6 nitrogen and oxygen atoms in total. The first-order chi connectivity index (χ1) is 12.8. The van der Waals surface area contributed by atoms with Crippen LogP contribution in [-0.4, -0.2) is 22.2 Å². The van der Waals surface area contributed by atoms with Gasteiger partial charge in [-0.05, 0) is 12.1 Å². The number of ether oxygens (including phenoxy) is 1. The van der Waals surface area contributed by atoms with Crippen LogP contribution in [-0.2, 0) is 0 Å². The smallest absolute Gasteiger partial charge is 0.404 e. The third kappa shape index (κ3) is 3.97. The molecule has 9 heteroatoms. The Morgan fingerprint density at radius 1 is 0.963 bits per heavy atom. The molecule has 3 rings (SSSR count).